The zero-order valence-corrected chi connectivity index (χ0v) is 18.4. The Hall–Kier alpha value is -3.78. The maximum absolute atomic E-state index is 13.1. The molecular formula is C24H21N3O4S. The van der Waals surface area contributed by atoms with E-state index < -0.39 is 11.9 Å². The van der Waals surface area contributed by atoms with Gasteiger partial charge < -0.3 is 14.6 Å². The molecular weight excluding hydrogens is 426 g/mol. The summed E-state index contributed by atoms with van der Waals surface area (Å²) in [5.74, 6) is -0.999. The summed E-state index contributed by atoms with van der Waals surface area (Å²) < 4.78 is 7.55. The van der Waals surface area contributed by atoms with E-state index in [-0.39, 0.29) is 19.1 Å². The summed E-state index contributed by atoms with van der Waals surface area (Å²) >= 11 is 1.27. The largest absolute Gasteiger partial charge is 0.465 e. The standard InChI is InChI=1S/C24H21N3O4S/c1-3-31-22(29)14-27-20-12-11-17(25-15(2)28)13-21(20)32-24(27)26-23(30)19-10-6-8-16-7-4-5-9-18(16)19/h4-13H,3,14H2,1-2H3,(H,25,28). The number of esters is 1. The Kier molecular flexibility index (Phi) is 6.13. The number of carbonyl (C=O) groups excluding carboxylic acids is 3. The van der Waals surface area contributed by atoms with Crippen LogP contribution in [0.15, 0.2) is 65.7 Å². The quantitative estimate of drug-likeness (QED) is 0.466. The van der Waals surface area contributed by atoms with E-state index in [1.54, 1.807) is 35.8 Å². The van der Waals surface area contributed by atoms with Crippen molar-refractivity contribution in [3.05, 3.63) is 71.0 Å². The Balaban J connectivity index is 1.85. The number of thiazole rings is 1. The molecule has 0 aliphatic heterocycles. The highest BCUT2D eigenvalue weighted by Crippen LogP contribution is 2.23. The maximum Gasteiger partial charge on any atom is 0.326 e. The molecule has 1 aromatic heterocycles. The number of hydrogen-bond acceptors (Lipinski definition) is 5. The molecule has 2 amide bonds. The summed E-state index contributed by atoms with van der Waals surface area (Å²) in [6.45, 7) is 3.36. The Morgan fingerprint density at radius 1 is 1.06 bits per heavy atom. The summed E-state index contributed by atoms with van der Waals surface area (Å²) in [5, 5.41) is 4.51. The molecule has 3 aromatic carbocycles. The second-order valence-electron chi connectivity index (χ2n) is 7.08. The van der Waals surface area contributed by atoms with Gasteiger partial charge in [-0.05, 0) is 42.0 Å². The molecule has 0 saturated carbocycles. The number of anilines is 1. The Morgan fingerprint density at radius 3 is 2.62 bits per heavy atom. The van der Waals surface area contributed by atoms with Gasteiger partial charge in [0, 0.05) is 18.2 Å². The summed E-state index contributed by atoms with van der Waals surface area (Å²) in [6, 6.07) is 18.5. The van der Waals surface area contributed by atoms with Gasteiger partial charge in [-0.2, -0.15) is 4.99 Å². The Morgan fingerprint density at radius 2 is 1.84 bits per heavy atom. The molecule has 0 bridgehead atoms. The van der Waals surface area contributed by atoms with Crippen LogP contribution in [0.5, 0.6) is 0 Å². The van der Waals surface area contributed by atoms with Crippen molar-refractivity contribution < 1.29 is 19.1 Å². The molecule has 162 valence electrons. The highest BCUT2D eigenvalue weighted by molar-refractivity contribution is 7.16. The number of fused-ring (bicyclic) bond motifs is 2. The SMILES string of the molecule is CCOC(=O)Cn1c(=NC(=O)c2cccc3ccccc23)sc2cc(NC(C)=O)ccc21. The zero-order chi connectivity index (χ0) is 22.7. The average Bonchev–Trinajstić information content (AvgIpc) is 3.09. The highest BCUT2D eigenvalue weighted by atomic mass is 32.1. The van der Waals surface area contributed by atoms with Gasteiger partial charge in [-0.15, -0.1) is 0 Å². The van der Waals surface area contributed by atoms with E-state index in [0.29, 0.717) is 16.1 Å². The van der Waals surface area contributed by atoms with Gasteiger partial charge >= 0.3 is 5.97 Å². The van der Waals surface area contributed by atoms with Gasteiger partial charge in [-0.25, -0.2) is 0 Å². The number of ether oxygens (including phenoxy) is 1. The van der Waals surface area contributed by atoms with Crippen molar-refractivity contribution in [2.75, 3.05) is 11.9 Å². The minimum Gasteiger partial charge on any atom is -0.465 e. The van der Waals surface area contributed by atoms with Gasteiger partial charge in [0.1, 0.15) is 6.54 Å². The molecule has 4 rings (SSSR count). The van der Waals surface area contributed by atoms with Crippen LogP contribution in [0.25, 0.3) is 21.0 Å². The first-order valence-electron chi connectivity index (χ1n) is 10.1. The van der Waals surface area contributed by atoms with Crippen LogP contribution in [-0.2, 0) is 20.9 Å². The van der Waals surface area contributed by atoms with Crippen molar-refractivity contribution >= 4 is 55.8 Å². The topological polar surface area (TPSA) is 89.8 Å². The molecule has 0 radical (unpaired) electrons. The molecule has 0 atom stereocenters. The van der Waals surface area contributed by atoms with Gasteiger partial charge in [-0.1, -0.05) is 47.7 Å². The summed E-state index contributed by atoms with van der Waals surface area (Å²) in [4.78, 5) is 41.5. The molecule has 1 N–H and O–H groups in total. The third-order valence-electron chi connectivity index (χ3n) is 4.81. The lowest BCUT2D eigenvalue weighted by molar-refractivity contribution is -0.143. The van der Waals surface area contributed by atoms with Crippen molar-refractivity contribution in [3.63, 3.8) is 0 Å². The fourth-order valence-electron chi connectivity index (χ4n) is 3.49. The zero-order valence-electron chi connectivity index (χ0n) is 17.6. The number of aromatic nitrogens is 1. The number of rotatable bonds is 5. The molecule has 8 heteroatoms. The molecule has 0 aliphatic carbocycles. The highest BCUT2D eigenvalue weighted by Gasteiger charge is 2.15. The first-order valence-corrected chi connectivity index (χ1v) is 10.9. The van der Waals surface area contributed by atoms with Crippen molar-refractivity contribution in [1.82, 2.24) is 4.57 Å². The molecule has 0 unspecified atom stereocenters. The van der Waals surface area contributed by atoms with Crippen LogP contribution in [0.4, 0.5) is 5.69 Å². The van der Waals surface area contributed by atoms with Crippen LogP contribution in [0.1, 0.15) is 24.2 Å². The smallest absolute Gasteiger partial charge is 0.326 e. The molecule has 1 heterocycles. The fraction of sp³-hybridized carbons (Fsp3) is 0.167. The normalized spacial score (nSPS) is 11.6. The van der Waals surface area contributed by atoms with E-state index in [2.05, 4.69) is 10.3 Å². The summed E-state index contributed by atoms with van der Waals surface area (Å²) in [5.41, 5.74) is 1.84. The predicted molar refractivity (Wildman–Crippen MR) is 125 cm³/mol. The van der Waals surface area contributed by atoms with E-state index in [0.717, 1.165) is 21.0 Å². The van der Waals surface area contributed by atoms with E-state index in [4.69, 9.17) is 4.74 Å². The monoisotopic (exact) mass is 447 g/mol. The van der Waals surface area contributed by atoms with Gasteiger partial charge in [0.25, 0.3) is 5.91 Å². The number of amides is 2. The third-order valence-corrected chi connectivity index (χ3v) is 5.85. The van der Waals surface area contributed by atoms with E-state index in [1.807, 2.05) is 36.4 Å². The van der Waals surface area contributed by atoms with Crippen molar-refractivity contribution in [1.29, 1.82) is 0 Å². The van der Waals surface area contributed by atoms with Crippen LogP contribution < -0.4 is 10.1 Å². The van der Waals surface area contributed by atoms with Crippen molar-refractivity contribution in [3.8, 4) is 0 Å². The van der Waals surface area contributed by atoms with Crippen LogP contribution >= 0.6 is 11.3 Å². The van der Waals surface area contributed by atoms with E-state index >= 15 is 0 Å². The average molecular weight is 448 g/mol. The molecule has 0 saturated heterocycles. The minimum absolute atomic E-state index is 0.0744. The lowest BCUT2D eigenvalue weighted by Crippen LogP contribution is -2.23. The van der Waals surface area contributed by atoms with Gasteiger partial charge in [0.15, 0.2) is 4.80 Å². The summed E-state index contributed by atoms with van der Waals surface area (Å²) in [7, 11) is 0. The first kappa shape index (κ1) is 21.5. The Bertz CT molecular complexity index is 1410. The molecule has 7 nitrogen and oxygen atoms in total. The number of hydrogen-bond donors (Lipinski definition) is 1. The van der Waals surface area contributed by atoms with Crippen molar-refractivity contribution in [2.24, 2.45) is 4.99 Å². The van der Waals surface area contributed by atoms with Crippen molar-refractivity contribution in [2.45, 2.75) is 20.4 Å². The predicted octanol–water partition coefficient (Wildman–Crippen LogP) is 4.12. The minimum atomic E-state index is -0.419. The number of nitrogens with one attached hydrogen (secondary N) is 1. The fourth-order valence-corrected chi connectivity index (χ4v) is 4.55. The van der Waals surface area contributed by atoms with Crippen LogP contribution in [-0.4, -0.2) is 29.0 Å². The number of nitrogens with zero attached hydrogens (tertiary/aromatic N) is 2. The van der Waals surface area contributed by atoms with Gasteiger partial charge in [0.05, 0.1) is 16.8 Å². The van der Waals surface area contributed by atoms with Crippen LogP contribution in [0.2, 0.25) is 0 Å². The van der Waals surface area contributed by atoms with E-state index in [1.165, 1.54) is 18.3 Å². The maximum atomic E-state index is 13.1. The van der Waals surface area contributed by atoms with E-state index in [9.17, 15) is 14.4 Å². The first-order chi connectivity index (χ1) is 15.5. The lowest BCUT2D eigenvalue weighted by Gasteiger charge is -2.06. The van der Waals surface area contributed by atoms with Crippen LogP contribution in [0.3, 0.4) is 0 Å². The second-order valence-corrected chi connectivity index (χ2v) is 8.09. The molecule has 32 heavy (non-hydrogen) atoms. The summed E-state index contributed by atoms with van der Waals surface area (Å²) in [6.07, 6.45) is 0. The number of carbonyl (C=O) groups is 3. The number of benzene rings is 3. The lowest BCUT2D eigenvalue weighted by atomic mass is 10.0. The molecule has 0 spiro atoms. The van der Waals surface area contributed by atoms with Crippen LogP contribution in [0, 0.1) is 0 Å². The Labute approximate surface area is 188 Å². The van der Waals surface area contributed by atoms with Gasteiger partial charge in [0.2, 0.25) is 5.91 Å². The second kappa shape index (κ2) is 9.15. The van der Waals surface area contributed by atoms with Gasteiger partial charge in [-0.3, -0.25) is 14.4 Å². The third kappa shape index (κ3) is 4.45. The molecule has 0 fully saturated rings. The molecule has 4 aromatic rings. The molecule has 0 aliphatic rings.